The van der Waals surface area contributed by atoms with Gasteiger partial charge in [-0.15, -0.1) is 0 Å². The minimum Gasteiger partial charge on any atom is -0.358 e. The quantitative estimate of drug-likeness (QED) is 0.443. The summed E-state index contributed by atoms with van der Waals surface area (Å²) < 4.78 is 1.45. The lowest BCUT2D eigenvalue weighted by molar-refractivity contribution is -0.389. The Morgan fingerprint density at radius 2 is 2.00 bits per heavy atom. The molecule has 1 aromatic carbocycles. The first-order chi connectivity index (χ1) is 11.6. The summed E-state index contributed by atoms with van der Waals surface area (Å²) in [5, 5.41) is 14.5. The predicted octanol–water partition coefficient (Wildman–Crippen LogP) is 3.29. The number of para-hydroxylation sites is 2. The Morgan fingerprint density at radius 3 is 2.79 bits per heavy atom. The van der Waals surface area contributed by atoms with Crippen molar-refractivity contribution in [2.75, 3.05) is 5.32 Å². The highest BCUT2D eigenvalue weighted by molar-refractivity contribution is 5.75. The molecule has 0 saturated carbocycles. The second-order valence-corrected chi connectivity index (χ2v) is 5.48. The molecular formula is C16H14N6O2. The Labute approximate surface area is 136 Å². The van der Waals surface area contributed by atoms with Crippen LogP contribution in [0.3, 0.4) is 0 Å². The molecular weight excluding hydrogens is 308 g/mol. The summed E-state index contributed by atoms with van der Waals surface area (Å²) in [5.74, 6) is 0.829. The van der Waals surface area contributed by atoms with Crippen LogP contribution in [0.25, 0.3) is 16.7 Å². The zero-order valence-electron chi connectivity index (χ0n) is 12.8. The van der Waals surface area contributed by atoms with Crippen molar-refractivity contribution in [3.8, 4) is 0 Å². The summed E-state index contributed by atoms with van der Waals surface area (Å²) in [6.45, 7) is 1.88. The topological polar surface area (TPSA) is 101 Å². The van der Waals surface area contributed by atoms with E-state index in [-0.39, 0.29) is 17.7 Å². The average molecular weight is 322 g/mol. The predicted molar refractivity (Wildman–Crippen MR) is 90.0 cm³/mol. The van der Waals surface area contributed by atoms with E-state index in [4.69, 9.17) is 0 Å². The van der Waals surface area contributed by atoms with Gasteiger partial charge in [0.1, 0.15) is 5.82 Å². The Hall–Kier alpha value is -3.42. The van der Waals surface area contributed by atoms with Crippen molar-refractivity contribution in [3.63, 3.8) is 0 Å². The van der Waals surface area contributed by atoms with Gasteiger partial charge in [0.2, 0.25) is 11.5 Å². The first kappa shape index (κ1) is 14.2. The molecule has 0 amide bonds. The van der Waals surface area contributed by atoms with Crippen LogP contribution in [0.4, 0.5) is 11.6 Å². The molecule has 0 saturated heterocycles. The van der Waals surface area contributed by atoms with Crippen LogP contribution < -0.4 is 5.32 Å². The molecule has 0 radical (unpaired) electrons. The van der Waals surface area contributed by atoms with E-state index in [1.807, 2.05) is 31.2 Å². The van der Waals surface area contributed by atoms with E-state index in [2.05, 4.69) is 20.3 Å². The van der Waals surface area contributed by atoms with Crippen molar-refractivity contribution >= 4 is 28.3 Å². The summed E-state index contributed by atoms with van der Waals surface area (Å²) in [6.07, 6.45) is 1.62. The van der Waals surface area contributed by atoms with Gasteiger partial charge in [0.05, 0.1) is 23.3 Å². The first-order valence-corrected chi connectivity index (χ1v) is 7.46. The van der Waals surface area contributed by atoms with Gasteiger partial charge in [-0.1, -0.05) is 18.2 Å². The SMILES string of the molecule is CC(Nc1nc2ccccn2c1[N+](=O)[O-])c1nc2ccccc2[nH]1. The Balaban J connectivity index is 1.73. The largest absolute Gasteiger partial charge is 0.372 e. The van der Waals surface area contributed by atoms with Gasteiger partial charge in [-0.05, 0) is 30.0 Å². The van der Waals surface area contributed by atoms with E-state index in [1.54, 1.807) is 24.4 Å². The molecule has 0 aliphatic carbocycles. The molecule has 24 heavy (non-hydrogen) atoms. The van der Waals surface area contributed by atoms with E-state index in [0.29, 0.717) is 11.5 Å². The zero-order valence-corrected chi connectivity index (χ0v) is 12.8. The maximum absolute atomic E-state index is 11.4. The van der Waals surface area contributed by atoms with Crippen molar-refractivity contribution in [1.82, 2.24) is 19.4 Å². The summed E-state index contributed by atoms with van der Waals surface area (Å²) >= 11 is 0. The van der Waals surface area contributed by atoms with Gasteiger partial charge in [-0.25, -0.2) is 4.98 Å². The van der Waals surface area contributed by atoms with Crippen molar-refractivity contribution in [2.45, 2.75) is 13.0 Å². The molecule has 2 N–H and O–H groups in total. The summed E-state index contributed by atoms with van der Waals surface area (Å²) in [5.41, 5.74) is 2.29. The highest BCUT2D eigenvalue weighted by Gasteiger charge is 2.24. The summed E-state index contributed by atoms with van der Waals surface area (Å²) in [6, 6.07) is 12.7. The molecule has 1 unspecified atom stereocenters. The molecule has 4 rings (SSSR count). The minimum atomic E-state index is -0.437. The van der Waals surface area contributed by atoms with Gasteiger partial charge in [-0.2, -0.15) is 9.38 Å². The van der Waals surface area contributed by atoms with Crippen LogP contribution in [-0.4, -0.2) is 24.3 Å². The number of benzene rings is 1. The number of anilines is 1. The molecule has 120 valence electrons. The van der Waals surface area contributed by atoms with Crippen molar-refractivity contribution < 1.29 is 4.92 Å². The fourth-order valence-corrected chi connectivity index (χ4v) is 2.71. The summed E-state index contributed by atoms with van der Waals surface area (Å²) in [7, 11) is 0. The second kappa shape index (κ2) is 5.34. The van der Waals surface area contributed by atoms with Gasteiger partial charge >= 0.3 is 5.82 Å². The molecule has 0 aliphatic heterocycles. The van der Waals surface area contributed by atoms with E-state index >= 15 is 0 Å². The smallest absolute Gasteiger partial charge is 0.358 e. The van der Waals surface area contributed by atoms with Crippen LogP contribution in [0.5, 0.6) is 0 Å². The Morgan fingerprint density at radius 1 is 1.21 bits per heavy atom. The number of aromatic nitrogens is 4. The van der Waals surface area contributed by atoms with Crippen LogP contribution in [0.15, 0.2) is 48.7 Å². The molecule has 3 aromatic heterocycles. The third-order valence-electron chi connectivity index (χ3n) is 3.85. The second-order valence-electron chi connectivity index (χ2n) is 5.48. The number of pyridine rings is 1. The monoisotopic (exact) mass is 322 g/mol. The Kier molecular flexibility index (Phi) is 3.16. The van der Waals surface area contributed by atoms with E-state index in [9.17, 15) is 10.1 Å². The van der Waals surface area contributed by atoms with Crippen LogP contribution in [0, 0.1) is 10.1 Å². The zero-order chi connectivity index (χ0) is 16.7. The van der Waals surface area contributed by atoms with Crippen LogP contribution >= 0.6 is 0 Å². The lowest BCUT2D eigenvalue weighted by Gasteiger charge is -2.09. The van der Waals surface area contributed by atoms with E-state index in [0.717, 1.165) is 11.0 Å². The highest BCUT2D eigenvalue weighted by Crippen LogP contribution is 2.28. The normalized spacial score (nSPS) is 12.5. The third kappa shape index (κ3) is 2.24. The fraction of sp³-hybridized carbons (Fsp3) is 0.125. The maximum Gasteiger partial charge on any atom is 0.372 e. The lowest BCUT2D eigenvalue weighted by Crippen LogP contribution is -2.10. The number of H-pyrrole nitrogens is 1. The number of nitro groups is 1. The number of hydrogen-bond donors (Lipinski definition) is 2. The number of nitrogens with one attached hydrogen (secondary N) is 2. The number of fused-ring (bicyclic) bond motifs is 2. The first-order valence-electron chi connectivity index (χ1n) is 7.46. The van der Waals surface area contributed by atoms with Gasteiger partial charge in [-0.3, -0.25) is 0 Å². The van der Waals surface area contributed by atoms with Crippen molar-refractivity contribution in [1.29, 1.82) is 0 Å². The lowest BCUT2D eigenvalue weighted by atomic mass is 10.3. The van der Waals surface area contributed by atoms with E-state index < -0.39 is 4.92 Å². The molecule has 8 heteroatoms. The average Bonchev–Trinajstić information content (AvgIpc) is 3.15. The molecule has 0 fully saturated rings. The number of rotatable bonds is 4. The van der Waals surface area contributed by atoms with Crippen LogP contribution in [0.1, 0.15) is 18.8 Å². The number of hydrogen-bond acceptors (Lipinski definition) is 5. The maximum atomic E-state index is 11.4. The molecule has 4 aromatic rings. The molecule has 3 heterocycles. The molecule has 0 spiro atoms. The van der Waals surface area contributed by atoms with Gasteiger partial charge in [0, 0.05) is 6.07 Å². The van der Waals surface area contributed by atoms with Crippen LogP contribution in [-0.2, 0) is 0 Å². The molecule has 8 nitrogen and oxygen atoms in total. The molecule has 1 atom stereocenters. The third-order valence-corrected chi connectivity index (χ3v) is 3.85. The van der Waals surface area contributed by atoms with Gasteiger partial charge in [0.15, 0.2) is 0 Å². The van der Waals surface area contributed by atoms with Crippen molar-refractivity contribution in [2.24, 2.45) is 0 Å². The van der Waals surface area contributed by atoms with Gasteiger partial charge < -0.3 is 20.4 Å². The summed E-state index contributed by atoms with van der Waals surface area (Å²) in [4.78, 5) is 23.1. The van der Waals surface area contributed by atoms with E-state index in [1.165, 1.54) is 4.40 Å². The standard InChI is InChI=1S/C16H14N6O2/c1-10(14-18-11-6-2-3-7-12(11)19-14)17-15-16(22(23)24)21-9-5-4-8-13(21)20-15/h2-10,17H,1H3,(H,18,19). The molecule has 0 bridgehead atoms. The minimum absolute atomic E-state index is 0.0893. The number of nitrogens with zero attached hydrogens (tertiary/aromatic N) is 4. The van der Waals surface area contributed by atoms with Crippen LogP contribution in [0.2, 0.25) is 0 Å². The van der Waals surface area contributed by atoms with Crippen molar-refractivity contribution in [3.05, 3.63) is 64.6 Å². The Bertz CT molecular complexity index is 1020. The number of aromatic amines is 1. The highest BCUT2D eigenvalue weighted by atomic mass is 16.6. The van der Waals surface area contributed by atoms with Gasteiger partial charge in [0.25, 0.3) is 0 Å². The fourth-order valence-electron chi connectivity index (χ4n) is 2.71. The molecule has 0 aliphatic rings. The number of imidazole rings is 2.